The van der Waals surface area contributed by atoms with Crippen molar-refractivity contribution in [2.75, 3.05) is 0 Å². The normalized spacial score (nSPS) is 16.5. The van der Waals surface area contributed by atoms with E-state index in [4.69, 9.17) is 4.52 Å². The second-order valence-electron chi connectivity index (χ2n) is 4.51. The van der Waals surface area contributed by atoms with Gasteiger partial charge >= 0.3 is 0 Å². The Balaban J connectivity index is 1.59. The van der Waals surface area contributed by atoms with Crippen LogP contribution in [0.4, 0.5) is 0 Å². The number of nitrogens with zero attached hydrogens (tertiary/aromatic N) is 4. The van der Waals surface area contributed by atoms with Gasteiger partial charge in [0.05, 0.1) is 5.75 Å². The van der Waals surface area contributed by atoms with E-state index in [0.717, 1.165) is 11.0 Å². The van der Waals surface area contributed by atoms with Gasteiger partial charge in [0.1, 0.15) is 5.82 Å². The molecule has 0 radical (unpaired) electrons. The van der Waals surface area contributed by atoms with Gasteiger partial charge < -0.3 is 4.52 Å². The van der Waals surface area contributed by atoms with Crippen LogP contribution in [0, 0.1) is 6.92 Å². The van der Waals surface area contributed by atoms with Crippen molar-refractivity contribution in [2.45, 2.75) is 49.4 Å². The van der Waals surface area contributed by atoms with Crippen LogP contribution in [0.5, 0.6) is 0 Å². The monoisotopic (exact) mass is 265 g/mol. The van der Waals surface area contributed by atoms with Crippen LogP contribution >= 0.6 is 11.8 Å². The van der Waals surface area contributed by atoms with Crippen molar-refractivity contribution in [2.24, 2.45) is 0 Å². The third-order valence-corrected chi connectivity index (χ3v) is 3.95. The fraction of sp³-hybridized carbons (Fsp3) is 0.636. The molecule has 0 atom stereocenters. The maximum Gasteiger partial charge on any atom is 0.237 e. The molecule has 0 amide bonds. The molecule has 1 saturated carbocycles. The Hall–Kier alpha value is -1.37. The maximum absolute atomic E-state index is 5.04. The highest BCUT2D eigenvalue weighted by atomic mass is 32.2. The smallest absolute Gasteiger partial charge is 0.237 e. The Bertz CT molecular complexity index is 517. The van der Waals surface area contributed by atoms with Crippen molar-refractivity contribution in [1.82, 2.24) is 25.3 Å². The Morgan fingerprint density at radius 3 is 2.89 bits per heavy atom. The van der Waals surface area contributed by atoms with Crippen molar-refractivity contribution in [3.8, 4) is 0 Å². The highest BCUT2D eigenvalue weighted by molar-refractivity contribution is 7.98. The molecule has 1 aliphatic rings. The van der Waals surface area contributed by atoms with Gasteiger partial charge in [0, 0.05) is 5.92 Å². The number of aromatic nitrogens is 5. The van der Waals surface area contributed by atoms with Gasteiger partial charge in [-0.1, -0.05) is 29.8 Å². The molecule has 1 aliphatic carbocycles. The predicted octanol–water partition coefficient (Wildman–Crippen LogP) is 2.45. The van der Waals surface area contributed by atoms with Crippen LogP contribution < -0.4 is 0 Å². The second-order valence-corrected chi connectivity index (χ2v) is 5.45. The lowest BCUT2D eigenvalue weighted by atomic mass is 10.1. The van der Waals surface area contributed by atoms with E-state index in [1.807, 2.05) is 6.92 Å². The lowest BCUT2D eigenvalue weighted by Crippen LogP contribution is -1.94. The summed E-state index contributed by atoms with van der Waals surface area (Å²) in [5.41, 5.74) is 0. The number of aryl methyl sites for hydroxylation is 1. The molecule has 0 aromatic carbocycles. The first-order valence-electron chi connectivity index (χ1n) is 6.15. The number of aromatic amines is 1. The Morgan fingerprint density at radius 2 is 2.17 bits per heavy atom. The summed E-state index contributed by atoms with van der Waals surface area (Å²) in [4.78, 5) is 8.67. The molecule has 3 rings (SSSR count). The van der Waals surface area contributed by atoms with Crippen LogP contribution in [-0.4, -0.2) is 25.3 Å². The first-order chi connectivity index (χ1) is 8.81. The highest BCUT2D eigenvalue weighted by Gasteiger charge is 2.20. The third kappa shape index (κ3) is 2.55. The molecule has 2 heterocycles. The van der Waals surface area contributed by atoms with Gasteiger partial charge in [-0.3, -0.25) is 5.10 Å². The molecule has 0 saturated heterocycles. The minimum absolute atomic E-state index is 0.567. The SMILES string of the molecule is Cc1noc(CSc2n[nH]c(C3CCCC3)n2)n1. The van der Waals surface area contributed by atoms with E-state index >= 15 is 0 Å². The van der Waals surface area contributed by atoms with Crippen LogP contribution in [0.15, 0.2) is 9.68 Å². The van der Waals surface area contributed by atoms with Gasteiger partial charge in [0.25, 0.3) is 0 Å². The number of rotatable bonds is 4. The molecule has 18 heavy (non-hydrogen) atoms. The summed E-state index contributed by atoms with van der Waals surface area (Å²) in [6, 6.07) is 0. The second kappa shape index (κ2) is 5.09. The Morgan fingerprint density at radius 1 is 1.33 bits per heavy atom. The molecule has 2 aromatic rings. The van der Waals surface area contributed by atoms with E-state index in [2.05, 4.69) is 25.3 Å². The highest BCUT2D eigenvalue weighted by Crippen LogP contribution is 2.32. The Labute approximate surface area is 109 Å². The number of H-pyrrole nitrogens is 1. The largest absolute Gasteiger partial charge is 0.338 e. The van der Waals surface area contributed by atoms with Crippen molar-refractivity contribution in [3.05, 3.63) is 17.5 Å². The van der Waals surface area contributed by atoms with Crippen LogP contribution in [0.1, 0.15) is 49.1 Å². The lowest BCUT2D eigenvalue weighted by molar-refractivity contribution is 0.387. The van der Waals surface area contributed by atoms with E-state index in [1.54, 1.807) is 0 Å². The minimum Gasteiger partial charge on any atom is -0.338 e. The van der Waals surface area contributed by atoms with E-state index in [1.165, 1.54) is 37.4 Å². The zero-order valence-electron chi connectivity index (χ0n) is 10.2. The average molecular weight is 265 g/mol. The number of nitrogens with one attached hydrogen (secondary N) is 1. The molecule has 2 aromatic heterocycles. The van der Waals surface area contributed by atoms with E-state index < -0.39 is 0 Å². The molecule has 96 valence electrons. The van der Waals surface area contributed by atoms with Gasteiger partial charge in [-0.2, -0.15) is 4.98 Å². The quantitative estimate of drug-likeness (QED) is 0.855. The summed E-state index contributed by atoms with van der Waals surface area (Å²) >= 11 is 1.52. The first kappa shape index (κ1) is 11.7. The zero-order chi connectivity index (χ0) is 12.4. The lowest BCUT2D eigenvalue weighted by Gasteiger charge is -2.01. The molecule has 1 N–H and O–H groups in total. The Kier molecular flexibility index (Phi) is 3.31. The predicted molar refractivity (Wildman–Crippen MR) is 66.2 cm³/mol. The third-order valence-electron chi connectivity index (χ3n) is 3.12. The molecule has 0 bridgehead atoms. The summed E-state index contributed by atoms with van der Waals surface area (Å²) < 4.78 is 5.04. The molecule has 0 aliphatic heterocycles. The van der Waals surface area contributed by atoms with Gasteiger partial charge in [-0.15, -0.1) is 5.10 Å². The van der Waals surface area contributed by atoms with Gasteiger partial charge in [0.2, 0.25) is 11.0 Å². The van der Waals surface area contributed by atoms with Gasteiger partial charge in [-0.25, -0.2) is 4.98 Å². The maximum atomic E-state index is 5.04. The average Bonchev–Trinajstić information content (AvgIpc) is 3.07. The summed E-state index contributed by atoms with van der Waals surface area (Å²) in [5, 5.41) is 11.8. The van der Waals surface area contributed by atoms with Crippen molar-refractivity contribution in [1.29, 1.82) is 0 Å². The standard InChI is InChI=1S/C11H15N5OS/c1-7-12-9(17-16-7)6-18-11-13-10(14-15-11)8-4-2-3-5-8/h8H,2-6H2,1H3,(H,13,14,15). The first-order valence-corrected chi connectivity index (χ1v) is 7.14. The van der Waals surface area contributed by atoms with Crippen LogP contribution in [0.2, 0.25) is 0 Å². The molecule has 1 fully saturated rings. The van der Waals surface area contributed by atoms with Crippen molar-refractivity contribution < 1.29 is 4.52 Å². The molecule has 0 unspecified atom stereocenters. The van der Waals surface area contributed by atoms with Gasteiger partial charge in [0.15, 0.2) is 5.82 Å². The molecular weight excluding hydrogens is 250 g/mol. The zero-order valence-corrected chi connectivity index (χ0v) is 11.0. The number of hydrogen-bond acceptors (Lipinski definition) is 6. The summed E-state index contributed by atoms with van der Waals surface area (Å²) in [6.07, 6.45) is 5.05. The van der Waals surface area contributed by atoms with Crippen molar-refractivity contribution >= 4 is 11.8 Å². The van der Waals surface area contributed by atoms with Crippen LogP contribution in [0.25, 0.3) is 0 Å². The molecular formula is C11H15N5OS. The minimum atomic E-state index is 0.567. The van der Waals surface area contributed by atoms with E-state index in [-0.39, 0.29) is 0 Å². The fourth-order valence-electron chi connectivity index (χ4n) is 2.23. The van der Waals surface area contributed by atoms with E-state index in [0.29, 0.717) is 23.4 Å². The topological polar surface area (TPSA) is 80.5 Å². The molecule has 7 heteroatoms. The van der Waals surface area contributed by atoms with Crippen LogP contribution in [-0.2, 0) is 5.75 Å². The number of hydrogen-bond donors (Lipinski definition) is 1. The summed E-state index contributed by atoms with van der Waals surface area (Å²) in [7, 11) is 0. The van der Waals surface area contributed by atoms with Gasteiger partial charge in [-0.05, 0) is 19.8 Å². The summed E-state index contributed by atoms with van der Waals surface area (Å²) in [6.45, 7) is 1.81. The summed E-state index contributed by atoms with van der Waals surface area (Å²) in [5.74, 6) is 3.48. The van der Waals surface area contributed by atoms with Crippen molar-refractivity contribution in [3.63, 3.8) is 0 Å². The molecule has 0 spiro atoms. The fourth-order valence-corrected chi connectivity index (χ4v) is 2.87. The number of thioether (sulfide) groups is 1. The van der Waals surface area contributed by atoms with E-state index in [9.17, 15) is 0 Å². The molecule has 6 nitrogen and oxygen atoms in total. The van der Waals surface area contributed by atoms with Crippen LogP contribution in [0.3, 0.4) is 0 Å².